The lowest BCUT2D eigenvalue weighted by Crippen LogP contribution is -2.27. The number of ether oxygens (including phenoxy) is 2. The van der Waals surface area contributed by atoms with Crippen LogP contribution in [0, 0.1) is 0 Å². The second-order valence-electron chi connectivity index (χ2n) is 6.29. The van der Waals surface area contributed by atoms with Crippen molar-refractivity contribution in [2.45, 2.75) is 19.5 Å². The number of halogens is 3. The first-order valence-corrected chi connectivity index (χ1v) is 9.37. The van der Waals surface area contributed by atoms with Crippen LogP contribution in [0.25, 0.3) is 0 Å². The number of amides is 1. The maximum absolute atomic E-state index is 12.8. The Morgan fingerprint density at radius 2 is 1.90 bits per heavy atom. The van der Waals surface area contributed by atoms with Crippen LogP contribution in [0.15, 0.2) is 67.3 Å². The number of alkyl halides is 3. The monoisotopic (exact) mass is 436 g/mol. The molecule has 1 aromatic carbocycles. The van der Waals surface area contributed by atoms with Crippen molar-refractivity contribution in [1.82, 2.24) is 10.0 Å². The normalized spacial score (nSPS) is 11.7. The highest BCUT2D eigenvalue weighted by Crippen LogP contribution is 2.27. The number of hydroxylamine groups is 2. The van der Waals surface area contributed by atoms with Crippen LogP contribution >= 0.6 is 0 Å². The zero-order valence-electron chi connectivity index (χ0n) is 17.2. The molecule has 1 heterocycles. The molecule has 0 aliphatic carbocycles. The van der Waals surface area contributed by atoms with E-state index in [1.807, 2.05) is 0 Å². The summed E-state index contributed by atoms with van der Waals surface area (Å²) in [6.07, 6.45) is -0.541. The van der Waals surface area contributed by atoms with Crippen molar-refractivity contribution in [3.05, 3.63) is 84.1 Å². The lowest BCUT2D eigenvalue weighted by Gasteiger charge is -2.15. The highest BCUT2D eigenvalue weighted by atomic mass is 19.4. The molecule has 0 saturated heterocycles. The van der Waals surface area contributed by atoms with E-state index in [0.29, 0.717) is 12.7 Å². The quantitative estimate of drug-likeness (QED) is 0.308. The third-order valence-electron chi connectivity index (χ3n) is 3.93. The topological polar surface area (TPSA) is 60.9 Å². The van der Waals surface area contributed by atoms with Gasteiger partial charge >= 0.3 is 6.18 Å². The zero-order chi connectivity index (χ0) is 22.9. The number of carbonyl (C=O) groups is 1. The van der Waals surface area contributed by atoms with Crippen molar-refractivity contribution in [1.29, 1.82) is 0 Å². The second kappa shape index (κ2) is 11.2. The van der Waals surface area contributed by atoms with Gasteiger partial charge in [0, 0.05) is 13.2 Å². The molecule has 2 aromatic rings. The number of carbonyl (C=O) groups excluding carboxylic acids is 1. The van der Waals surface area contributed by atoms with E-state index in [0.717, 1.165) is 16.2 Å². The van der Waals surface area contributed by atoms with Gasteiger partial charge in [0.15, 0.2) is 0 Å². The van der Waals surface area contributed by atoms with E-state index in [9.17, 15) is 18.0 Å². The molecular weight excluding hydrogens is 413 g/mol. The number of aromatic nitrogens is 1. The molecule has 0 radical (unpaired) electrons. The van der Waals surface area contributed by atoms with Crippen molar-refractivity contribution in [2.24, 2.45) is 0 Å². The van der Waals surface area contributed by atoms with Gasteiger partial charge in [0.2, 0.25) is 5.76 Å². The van der Waals surface area contributed by atoms with E-state index in [1.54, 1.807) is 36.4 Å². The Kier molecular flexibility index (Phi) is 8.63. The van der Waals surface area contributed by atoms with Crippen molar-refractivity contribution in [3.8, 4) is 5.75 Å². The Morgan fingerprint density at radius 3 is 2.52 bits per heavy atom. The van der Waals surface area contributed by atoms with Crippen molar-refractivity contribution < 1.29 is 32.3 Å². The molecule has 0 fully saturated rings. The van der Waals surface area contributed by atoms with Crippen LogP contribution in [-0.2, 0) is 16.0 Å². The minimum absolute atomic E-state index is 0.125. The summed E-state index contributed by atoms with van der Waals surface area (Å²) < 4.78 is 48.0. The first-order chi connectivity index (χ1) is 14.7. The lowest BCUT2D eigenvalue weighted by molar-refractivity contribution is -0.132. The molecule has 0 bridgehead atoms. The minimum Gasteiger partial charge on any atom is -0.487 e. The standard InChI is InChI=1S/C22H23F3N2O4/c1-4-12-31-27(3)21(28)19-14-17(10-11-26-19)13-16-6-8-18(9-7-16)30-15-20(29-5-2)22(23,24)25/h4,6-11,14-15H,1,5,12-13H2,2-3H3/b20-15-. The summed E-state index contributed by atoms with van der Waals surface area (Å²) >= 11 is 0. The van der Waals surface area contributed by atoms with Gasteiger partial charge in [0.1, 0.15) is 17.7 Å². The van der Waals surface area contributed by atoms with E-state index in [-0.39, 0.29) is 24.7 Å². The first-order valence-electron chi connectivity index (χ1n) is 9.37. The highest BCUT2D eigenvalue weighted by Gasteiger charge is 2.36. The maximum atomic E-state index is 12.8. The van der Waals surface area contributed by atoms with Gasteiger partial charge in [-0.15, -0.1) is 6.58 Å². The van der Waals surface area contributed by atoms with Crippen LogP contribution in [0.1, 0.15) is 28.5 Å². The van der Waals surface area contributed by atoms with E-state index in [2.05, 4.69) is 16.3 Å². The van der Waals surface area contributed by atoms with Gasteiger partial charge in [0.25, 0.3) is 5.91 Å². The number of benzene rings is 1. The Morgan fingerprint density at radius 1 is 1.19 bits per heavy atom. The molecule has 1 aromatic heterocycles. The number of rotatable bonds is 10. The molecule has 6 nitrogen and oxygen atoms in total. The summed E-state index contributed by atoms with van der Waals surface area (Å²) in [5, 5.41) is 1.09. The Bertz CT molecular complexity index is 912. The van der Waals surface area contributed by atoms with Crippen molar-refractivity contribution in [3.63, 3.8) is 0 Å². The number of nitrogens with zero attached hydrogens (tertiary/aromatic N) is 2. The van der Waals surface area contributed by atoms with E-state index in [1.165, 1.54) is 26.2 Å². The fraction of sp³-hybridized carbons (Fsp3) is 0.273. The average Bonchev–Trinajstić information content (AvgIpc) is 2.74. The molecule has 166 valence electrons. The third-order valence-corrected chi connectivity index (χ3v) is 3.93. The molecule has 0 unspecified atom stereocenters. The van der Waals surface area contributed by atoms with Gasteiger partial charge in [-0.25, -0.2) is 5.06 Å². The third kappa shape index (κ3) is 7.45. The number of pyridine rings is 1. The van der Waals surface area contributed by atoms with Crippen molar-refractivity contribution in [2.75, 3.05) is 20.3 Å². The van der Waals surface area contributed by atoms with E-state index >= 15 is 0 Å². The SMILES string of the molecule is C=CCON(C)C(=O)c1cc(Cc2ccc(O/C=C(\OCC)C(F)(F)F)cc2)ccn1. The fourth-order valence-corrected chi connectivity index (χ4v) is 2.47. The minimum atomic E-state index is -4.63. The number of hydrogen-bond acceptors (Lipinski definition) is 5. The zero-order valence-corrected chi connectivity index (χ0v) is 17.2. The molecule has 2 rings (SSSR count). The van der Waals surface area contributed by atoms with Gasteiger partial charge in [-0.05, 0) is 48.7 Å². The molecular formula is C22H23F3N2O4. The van der Waals surface area contributed by atoms with Crippen LogP contribution in [0.4, 0.5) is 13.2 Å². The Hall–Kier alpha value is -3.33. The molecule has 9 heteroatoms. The summed E-state index contributed by atoms with van der Waals surface area (Å²) in [6, 6.07) is 9.97. The van der Waals surface area contributed by atoms with E-state index < -0.39 is 17.8 Å². The van der Waals surface area contributed by atoms with Gasteiger partial charge in [-0.2, -0.15) is 13.2 Å². The number of allylic oxidation sites excluding steroid dienone is 1. The fourth-order valence-electron chi connectivity index (χ4n) is 2.47. The molecule has 0 aliphatic heterocycles. The highest BCUT2D eigenvalue weighted by molar-refractivity contribution is 5.91. The lowest BCUT2D eigenvalue weighted by atomic mass is 10.1. The van der Waals surface area contributed by atoms with Crippen LogP contribution in [-0.4, -0.2) is 42.4 Å². The van der Waals surface area contributed by atoms with Crippen LogP contribution < -0.4 is 4.74 Å². The second-order valence-corrected chi connectivity index (χ2v) is 6.29. The summed E-state index contributed by atoms with van der Waals surface area (Å²) in [4.78, 5) is 21.6. The molecule has 0 N–H and O–H groups in total. The Balaban J connectivity index is 2.05. The van der Waals surface area contributed by atoms with E-state index in [4.69, 9.17) is 9.57 Å². The predicted octanol–water partition coefficient (Wildman–Crippen LogP) is 4.68. The Labute approximate surface area is 178 Å². The molecule has 0 spiro atoms. The predicted molar refractivity (Wildman–Crippen MR) is 108 cm³/mol. The summed E-state index contributed by atoms with van der Waals surface area (Å²) in [7, 11) is 1.49. The average molecular weight is 436 g/mol. The maximum Gasteiger partial charge on any atom is 0.452 e. The van der Waals surface area contributed by atoms with Crippen LogP contribution in [0.5, 0.6) is 5.75 Å². The molecule has 1 amide bonds. The molecule has 31 heavy (non-hydrogen) atoms. The van der Waals surface area contributed by atoms with Gasteiger partial charge in [-0.3, -0.25) is 14.6 Å². The van der Waals surface area contributed by atoms with Crippen LogP contribution in [0.2, 0.25) is 0 Å². The summed E-state index contributed by atoms with van der Waals surface area (Å²) in [6.45, 7) is 5.05. The van der Waals surface area contributed by atoms with Gasteiger partial charge in [-0.1, -0.05) is 18.2 Å². The largest absolute Gasteiger partial charge is 0.487 e. The smallest absolute Gasteiger partial charge is 0.452 e. The first kappa shape index (κ1) is 23.9. The molecule has 0 aliphatic rings. The number of hydrogen-bond donors (Lipinski definition) is 0. The molecule has 0 saturated carbocycles. The van der Waals surface area contributed by atoms with Gasteiger partial charge in [0.05, 0.1) is 13.2 Å². The molecule has 0 atom stereocenters. The van der Waals surface area contributed by atoms with Gasteiger partial charge < -0.3 is 9.47 Å². The van der Waals surface area contributed by atoms with Crippen LogP contribution in [0.3, 0.4) is 0 Å². The summed E-state index contributed by atoms with van der Waals surface area (Å²) in [5.41, 5.74) is 1.93. The van der Waals surface area contributed by atoms with Crippen molar-refractivity contribution >= 4 is 5.91 Å². The summed E-state index contributed by atoms with van der Waals surface area (Å²) in [5.74, 6) is -1.36.